The largest absolute Gasteiger partial charge is 0.450 e. The number of carbonyl (C=O) groups is 1. The Morgan fingerprint density at radius 3 is 2.26 bits per heavy atom. The Balaban J connectivity index is 4.82. The first-order valence-corrected chi connectivity index (χ1v) is 10.4. The molecule has 0 aromatic rings. The van der Waals surface area contributed by atoms with Crippen LogP contribution in [0.3, 0.4) is 0 Å². The van der Waals surface area contributed by atoms with E-state index in [0.29, 0.717) is 37.5 Å². The van der Waals surface area contributed by atoms with Crippen LogP contribution in [-0.4, -0.2) is 56.0 Å². The lowest BCUT2D eigenvalue weighted by Crippen LogP contribution is -2.47. The monoisotopic (exact) mass is 386 g/mol. The standard InChI is InChI=1S/C20H42N4O3/c1-7-21-19(22-13-17(9-10-25)11-15(3)4)23-14-18(12-16(5)6)24-20(26)27-8-2/h15-18,25H,7-14H2,1-6H3,(H,24,26)(H2,21,22,23). The van der Waals surface area contributed by atoms with Gasteiger partial charge < -0.3 is 25.8 Å². The van der Waals surface area contributed by atoms with Gasteiger partial charge in [0.1, 0.15) is 0 Å². The van der Waals surface area contributed by atoms with Crippen LogP contribution in [0.1, 0.15) is 60.8 Å². The van der Waals surface area contributed by atoms with Gasteiger partial charge in [-0.15, -0.1) is 0 Å². The van der Waals surface area contributed by atoms with Crippen LogP contribution < -0.4 is 16.0 Å². The maximum atomic E-state index is 11.8. The van der Waals surface area contributed by atoms with Crippen molar-refractivity contribution in [1.29, 1.82) is 0 Å². The van der Waals surface area contributed by atoms with Crippen molar-refractivity contribution in [3.63, 3.8) is 0 Å². The molecule has 2 unspecified atom stereocenters. The van der Waals surface area contributed by atoms with E-state index in [2.05, 4.69) is 43.6 Å². The van der Waals surface area contributed by atoms with Gasteiger partial charge in [-0.3, -0.25) is 4.99 Å². The number of aliphatic imine (C=N–C) groups is 1. The number of hydrogen-bond acceptors (Lipinski definition) is 4. The summed E-state index contributed by atoms with van der Waals surface area (Å²) in [4.78, 5) is 16.5. The minimum absolute atomic E-state index is 0.0307. The molecule has 7 nitrogen and oxygen atoms in total. The minimum Gasteiger partial charge on any atom is -0.450 e. The lowest BCUT2D eigenvalue weighted by atomic mass is 9.94. The summed E-state index contributed by atoms with van der Waals surface area (Å²) in [6.45, 7) is 15.0. The van der Waals surface area contributed by atoms with E-state index in [-0.39, 0.29) is 18.7 Å². The summed E-state index contributed by atoms with van der Waals surface area (Å²) in [6, 6.07) is -0.0307. The van der Waals surface area contributed by atoms with E-state index in [0.717, 1.165) is 31.8 Å². The normalized spacial score (nSPS) is 14.2. The molecule has 0 aliphatic carbocycles. The van der Waals surface area contributed by atoms with E-state index < -0.39 is 0 Å². The van der Waals surface area contributed by atoms with Gasteiger partial charge in [0, 0.05) is 32.3 Å². The number of nitrogens with zero attached hydrogens (tertiary/aromatic N) is 1. The van der Waals surface area contributed by atoms with Gasteiger partial charge in [0.05, 0.1) is 6.61 Å². The summed E-state index contributed by atoms with van der Waals surface area (Å²) >= 11 is 0. The van der Waals surface area contributed by atoms with Crippen LogP contribution in [0.15, 0.2) is 4.99 Å². The van der Waals surface area contributed by atoms with Crippen LogP contribution in [0.25, 0.3) is 0 Å². The molecule has 0 bridgehead atoms. The number of carbonyl (C=O) groups excluding carboxylic acids is 1. The highest BCUT2D eigenvalue weighted by atomic mass is 16.5. The maximum Gasteiger partial charge on any atom is 0.407 e. The number of amides is 1. The van der Waals surface area contributed by atoms with E-state index in [4.69, 9.17) is 9.73 Å². The number of hydrogen-bond donors (Lipinski definition) is 4. The predicted molar refractivity (Wildman–Crippen MR) is 112 cm³/mol. The summed E-state index contributed by atoms with van der Waals surface area (Å²) in [5, 5.41) is 18.8. The quantitative estimate of drug-likeness (QED) is 0.288. The Labute approximate surface area is 165 Å². The lowest BCUT2D eigenvalue weighted by Gasteiger charge is -2.22. The van der Waals surface area contributed by atoms with Crippen LogP contribution in [-0.2, 0) is 4.74 Å². The zero-order valence-electron chi connectivity index (χ0n) is 18.2. The summed E-state index contributed by atoms with van der Waals surface area (Å²) in [7, 11) is 0. The molecule has 27 heavy (non-hydrogen) atoms. The number of alkyl carbamates (subject to hydrolysis) is 1. The van der Waals surface area contributed by atoms with Gasteiger partial charge in [-0.1, -0.05) is 27.7 Å². The summed E-state index contributed by atoms with van der Waals surface area (Å²) in [5.41, 5.74) is 0. The third-order valence-corrected chi connectivity index (χ3v) is 4.06. The highest BCUT2D eigenvalue weighted by Gasteiger charge is 2.16. The molecular formula is C20H42N4O3. The Bertz CT molecular complexity index is 414. The first-order chi connectivity index (χ1) is 12.8. The average Bonchev–Trinajstić information content (AvgIpc) is 2.56. The lowest BCUT2D eigenvalue weighted by molar-refractivity contribution is 0.146. The Kier molecular flexibility index (Phi) is 14.7. The van der Waals surface area contributed by atoms with Crippen molar-refractivity contribution in [2.45, 2.75) is 66.8 Å². The second kappa shape index (κ2) is 15.5. The van der Waals surface area contributed by atoms with Crippen molar-refractivity contribution in [3.8, 4) is 0 Å². The minimum atomic E-state index is -0.383. The molecular weight excluding hydrogens is 344 g/mol. The zero-order valence-corrected chi connectivity index (χ0v) is 18.2. The van der Waals surface area contributed by atoms with Crippen LogP contribution in [0.4, 0.5) is 4.79 Å². The van der Waals surface area contributed by atoms with E-state index in [1.54, 1.807) is 6.92 Å². The van der Waals surface area contributed by atoms with E-state index in [9.17, 15) is 9.90 Å². The maximum absolute atomic E-state index is 11.8. The third-order valence-electron chi connectivity index (χ3n) is 4.06. The molecule has 0 aliphatic heterocycles. The molecule has 4 N–H and O–H groups in total. The molecule has 7 heteroatoms. The molecule has 0 fully saturated rings. The van der Waals surface area contributed by atoms with Crippen molar-refractivity contribution < 1.29 is 14.6 Å². The first-order valence-electron chi connectivity index (χ1n) is 10.4. The average molecular weight is 387 g/mol. The summed E-state index contributed by atoms with van der Waals surface area (Å²) < 4.78 is 5.00. The van der Waals surface area contributed by atoms with Gasteiger partial charge in [0.25, 0.3) is 0 Å². The van der Waals surface area contributed by atoms with Crippen molar-refractivity contribution >= 4 is 12.1 Å². The molecule has 0 saturated heterocycles. The van der Waals surface area contributed by atoms with E-state index in [1.807, 2.05) is 6.92 Å². The van der Waals surface area contributed by atoms with Gasteiger partial charge in [0.2, 0.25) is 0 Å². The van der Waals surface area contributed by atoms with Gasteiger partial charge >= 0.3 is 6.09 Å². The Hall–Kier alpha value is -1.50. The van der Waals surface area contributed by atoms with Gasteiger partial charge in [-0.2, -0.15) is 0 Å². The van der Waals surface area contributed by atoms with Crippen molar-refractivity contribution in [3.05, 3.63) is 0 Å². The van der Waals surface area contributed by atoms with E-state index >= 15 is 0 Å². The number of ether oxygens (including phenoxy) is 1. The van der Waals surface area contributed by atoms with E-state index in [1.165, 1.54) is 0 Å². The Morgan fingerprint density at radius 1 is 1.07 bits per heavy atom. The zero-order chi connectivity index (χ0) is 20.7. The molecule has 0 radical (unpaired) electrons. The number of guanidine groups is 1. The van der Waals surface area contributed by atoms with Crippen molar-refractivity contribution in [2.24, 2.45) is 22.7 Å². The van der Waals surface area contributed by atoms with Gasteiger partial charge in [-0.05, 0) is 50.9 Å². The topological polar surface area (TPSA) is 95.0 Å². The molecule has 0 aromatic heterocycles. The van der Waals surface area contributed by atoms with Crippen molar-refractivity contribution in [2.75, 3.05) is 32.8 Å². The molecule has 0 heterocycles. The molecule has 0 aliphatic rings. The molecule has 1 amide bonds. The molecule has 2 atom stereocenters. The molecule has 0 rings (SSSR count). The summed E-state index contributed by atoms with van der Waals surface area (Å²) in [6.07, 6.45) is 2.28. The number of rotatable bonds is 13. The van der Waals surface area contributed by atoms with Crippen LogP contribution >= 0.6 is 0 Å². The fourth-order valence-electron chi connectivity index (χ4n) is 3.02. The fourth-order valence-corrected chi connectivity index (χ4v) is 3.02. The highest BCUT2D eigenvalue weighted by molar-refractivity contribution is 5.79. The summed E-state index contributed by atoms with van der Waals surface area (Å²) in [5.74, 6) is 2.15. The van der Waals surface area contributed by atoms with Crippen molar-refractivity contribution in [1.82, 2.24) is 16.0 Å². The van der Waals surface area contributed by atoms with Crippen LogP contribution in [0.5, 0.6) is 0 Å². The first kappa shape index (κ1) is 25.5. The van der Waals surface area contributed by atoms with Gasteiger partial charge in [0.15, 0.2) is 5.96 Å². The third kappa shape index (κ3) is 14.3. The molecule has 160 valence electrons. The second-order valence-electron chi connectivity index (χ2n) is 7.80. The SMILES string of the molecule is CCNC(=NCC(CCO)CC(C)C)NCC(CC(C)C)NC(=O)OCC. The number of aliphatic hydroxyl groups excluding tert-OH is 1. The van der Waals surface area contributed by atoms with Gasteiger partial charge in [-0.25, -0.2) is 4.79 Å². The predicted octanol–water partition coefficient (Wildman–Crippen LogP) is 2.75. The number of aliphatic hydroxyl groups is 1. The second-order valence-corrected chi connectivity index (χ2v) is 7.80. The fraction of sp³-hybridized carbons (Fsp3) is 0.900. The molecule has 0 spiro atoms. The smallest absolute Gasteiger partial charge is 0.407 e. The van der Waals surface area contributed by atoms with Crippen LogP contribution in [0.2, 0.25) is 0 Å². The highest BCUT2D eigenvalue weighted by Crippen LogP contribution is 2.15. The number of nitrogens with one attached hydrogen (secondary N) is 3. The Morgan fingerprint density at radius 2 is 1.74 bits per heavy atom. The van der Waals surface area contributed by atoms with Crippen LogP contribution in [0, 0.1) is 17.8 Å². The molecule has 0 aromatic carbocycles. The molecule has 0 saturated carbocycles.